The summed E-state index contributed by atoms with van der Waals surface area (Å²) in [5, 5.41) is 2.32. The van der Waals surface area contributed by atoms with E-state index in [-0.39, 0.29) is 10.8 Å². The second kappa shape index (κ2) is 14.0. The molecule has 2 aliphatic rings. The van der Waals surface area contributed by atoms with E-state index in [9.17, 15) is 0 Å². The normalized spacial score (nSPS) is 14.3. The molecule has 0 radical (unpaired) electrons. The monoisotopic (exact) mass is 823 g/mol. The van der Waals surface area contributed by atoms with Crippen molar-refractivity contribution >= 4 is 39.0 Å². The lowest BCUT2D eigenvalue weighted by molar-refractivity contribution is 0.590. The number of furan rings is 1. The minimum Gasteiger partial charge on any atom is -0.455 e. The number of anilines is 3. The van der Waals surface area contributed by atoms with Gasteiger partial charge in [-0.05, 0) is 109 Å². The summed E-state index contributed by atoms with van der Waals surface area (Å²) in [6.07, 6.45) is 0. The number of fused-ring (bicyclic) bond motifs is 10. The van der Waals surface area contributed by atoms with Crippen LogP contribution in [0.3, 0.4) is 0 Å². The van der Waals surface area contributed by atoms with Gasteiger partial charge in [0.05, 0.1) is 11.1 Å². The number of benzene rings is 9. The number of nitrogens with zero attached hydrogens (tertiary/aromatic N) is 1. The van der Waals surface area contributed by atoms with Gasteiger partial charge < -0.3 is 9.32 Å². The Morgan fingerprint density at radius 2 is 1.03 bits per heavy atom. The fourth-order valence-corrected chi connectivity index (χ4v) is 11.2. The Morgan fingerprint density at radius 1 is 0.438 bits per heavy atom. The maximum atomic E-state index is 7.02. The van der Waals surface area contributed by atoms with Gasteiger partial charge in [0, 0.05) is 38.7 Å². The highest BCUT2D eigenvalue weighted by molar-refractivity contribution is 6.14. The average Bonchev–Trinajstić information content (AvgIpc) is 3.94. The van der Waals surface area contributed by atoms with Crippen molar-refractivity contribution in [3.05, 3.63) is 245 Å². The molecule has 0 N–H and O–H groups in total. The molecule has 0 saturated heterocycles. The van der Waals surface area contributed by atoms with Crippen LogP contribution >= 0.6 is 0 Å². The van der Waals surface area contributed by atoms with Crippen LogP contribution in [0.4, 0.5) is 17.1 Å². The number of hydrogen-bond donors (Lipinski definition) is 0. The van der Waals surface area contributed by atoms with Crippen LogP contribution in [-0.4, -0.2) is 0 Å². The maximum absolute atomic E-state index is 7.02. The first-order chi connectivity index (χ1) is 31.1. The van der Waals surface area contributed by atoms with Gasteiger partial charge in [-0.2, -0.15) is 0 Å². The van der Waals surface area contributed by atoms with Crippen molar-refractivity contribution in [2.24, 2.45) is 0 Å². The second-order valence-corrected chi connectivity index (χ2v) is 19.3. The summed E-state index contributed by atoms with van der Waals surface area (Å²) < 4.78 is 7.02. The summed E-state index contributed by atoms with van der Waals surface area (Å²) in [5.74, 6) is 0. The smallest absolute Gasteiger partial charge is 0.143 e. The van der Waals surface area contributed by atoms with Gasteiger partial charge in [0.1, 0.15) is 11.2 Å². The fourth-order valence-electron chi connectivity index (χ4n) is 11.2. The molecule has 1 heterocycles. The highest BCUT2D eigenvalue weighted by Gasteiger charge is 2.46. The van der Waals surface area contributed by atoms with Crippen molar-refractivity contribution in [3.63, 3.8) is 0 Å². The zero-order valence-electron chi connectivity index (χ0n) is 37.0. The van der Waals surface area contributed by atoms with Gasteiger partial charge in [0.15, 0.2) is 0 Å². The molecular formula is C62H49NO. The van der Waals surface area contributed by atoms with E-state index >= 15 is 0 Å². The minimum atomic E-state index is -0.535. The van der Waals surface area contributed by atoms with Crippen LogP contribution in [0.2, 0.25) is 0 Å². The van der Waals surface area contributed by atoms with Crippen molar-refractivity contribution in [2.75, 3.05) is 4.90 Å². The Kier molecular flexibility index (Phi) is 8.40. The zero-order chi connectivity index (χ0) is 43.4. The van der Waals surface area contributed by atoms with E-state index in [4.69, 9.17) is 4.42 Å². The Balaban J connectivity index is 1.13. The summed E-state index contributed by atoms with van der Waals surface area (Å²) in [7, 11) is 0. The summed E-state index contributed by atoms with van der Waals surface area (Å²) in [6.45, 7) is 11.6. The van der Waals surface area contributed by atoms with Gasteiger partial charge in [-0.15, -0.1) is 0 Å². The van der Waals surface area contributed by atoms with Gasteiger partial charge in [-0.25, -0.2) is 0 Å². The molecule has 0 bridgehead atoms. The van der Waals surface area contributed by atoms with E-state index in [1.807, 2.05) is 0 Å². The highest BCUT2D eigenvalue weighted by Crippen LogP contribution is 2.59. The first-order valence-corrected chi connectivity index (χ1v) is 22.6. The van der Waals surface area contributed by atoms with Crippen LogP contribution in [0.5, 0.6) is 0 Å². The SMILES string of the molecule is CC(C)(C)c1ccc2oc3c4c(ccc3c2c1)C(C)(C)c1cccc(N(c2ccc(-c3ccccc3)cc2)c2cccc(C3(c5ccccc5)c5ccccc5-c5ccccc53)c2)c1-4. The lowest BCUT2D eigenvalue weighted by atomic mass is 9.67. The molecule has 1 aromatic heterocycles. The summed E-state index contributed by atoms with van der Waals surface area (Å²) in [4.78, 5) is 2.49. The molecule has 2 heteroatoms. The summed E-state index contributed by atoms with van der Waals surface area (Å²) in [5.41, 5.74) is 20.7. The predicted octanol–water partition coefficient (Wildman–Crippen LogP) is 16.7. The van der Waals surface area contributed by atoms with Crippen molar-refractivity contribution in [1.29, 1.82) is 0 Å². The molecule has 2 aliphatic carbocycles. The Hall–Kier alpha value is -7.42. The van der Waals surface area contributed by atoms with Crippen LogP contribution in [-0.2, 0) is 16.2 Å². The van der Waals surface area contributed by atoms with Crippen LogP contribution in [0, 0.1) is 0 Å². The Bertz CT molecular complexity index is 3390. The van der Waals surface area contributed by atoms with Crippen LogP contribution in [0.1, 0.15) is 73.6 Å². The topological polar surface area (TPSA) is 16.4 Å². The molecule has 0 amide bonds. The van der Waals surface area contributed by atoms with E-state index in [1.165, 1.54) is 77.7 Å². The van der Waals surface area contributed by atoms with Crippen molar-refractivity contribution in [3.8, 4) is 33.4 Å². The third-order valence-electron chi connectivity index (χ3n) is 14.3. The average molecular weight is 824 g/mol. The lowest BCUT2D eigenvalue weighted by Gasteiger charge is -2.35. The largest absolute Gasteiger partial charge is 0.455 e. The fraction of sp³-hybridized carbons (Fsp3) is 0.129. The maximum Gasteiger partial charge on any atom is 0.143 e. The quantitative estimate of drug-likeness (QED) is 0.166. The molecule has 2 nitrogen and oxygen atoms in total. The number of rotatable bonds is 6. The molecule has 0 spiro atoms. The van der Waals surface area contributed by atoms with Gasteiger partial charge in [0.25, 0.3) is 0 Å². The third-order valence-corrected chi connectivity index (χ3v) is 14.3. The molecule has 0 atom stereocenters. The Morgan fingerprint density at radius 3 is 1.73 bits per heavy atom. The third kappa shape index (κ3) is 5.51. The zero-order valence-corrected chi connectivity index (χ0v) is 37.0. The van der Waals surface area contributed by atoms with E-state index in [0.717, 1.165) is 33.6 Å². The van der Waals surface area contributed by atoms with Gasteiger partial charge in [-0.3, -0.25) is 0 Å². The van der Waals surface area contributed by atoms with E-state index in [1.54, 1.807) is 0 Å². The second-order valence-electron chi connectivity index (χ2n) is 19.3. The molecule has 0 aliphatic heterocycles. The minimum absolute atomic E-state index is 0.0170. The molecule has 308 valence electrons. The Labute approximate surface area is 376 Å². The molecule has 10 aromatic rings. The first kappa shape index (κ1) is 38.3. The standard InChI is InChI=1S/C62H49NO/c1-60(2,3)43-32-37-56-50(39-43)49-35-36-54-58(59(49)64-56)57-53(61(54,4)5)28-17-29-55(57)63(45-33-30-41(31-34-45)40-18-8-6-9-19-40)46-23-16-22-44(38-46)62(42-20-10-7-11-21-42)51-26-14-12-24-47(51)48-25-13-15-27-52(48)62/h6-39H,1-5H3. The highest BCUT2D eigenvalue weighted by atomic mass is 16.3. The molecule has 0 fully saturated rings. The van der Waals surface area contributed by atoms with E-state index in [0.29, 0.717) is 0 Å². The molecular weight excluding hydrogens is 775 g/mol. The van der Waals surface area contributed by atoms with Gasteiger partial charge >= 0.3 is 0 Å². The summed E-state index contributed by atoms with van der Waals surface area (Å²) in [6, 6.07) is 76.5. The molecule has 64 heavy (non-hydrogen) atoms. The lowest BCUT2D eigenvalue weighted by Crippen LogP contribution is -2.28. The van der Waals surface area contributed by atoms with Gasteiger partial charge in [0.2, 0.25) is 0 Å². The molecule has 0 saturated carbocycles. The van der Waals surface area contributed by atoms with Crippen molar-refractivity contribution in [1.82, 2.24) is 0 Å². The first-order valence-electron chi connectivity index (χ1n) is 22.6. The molecule has 12 rings (SSSR count). The molecule has 9 aromatic carbocycles. The molecule has 0 unspecified atom stereocenters. The predicted molar refractivity (Wildman–Crippen MR) is 267 cm³/mol. The van der Waals surface area contributed by atoms with E-state index in [2.05, 4.69) is 246 Å². The van der Waals surface area contributed by atoms with Crippen LogP contribution < -0.4 is 4.90 Å². The van der Waals surface area contributed by atoms with Crippen molar-refractivity contribution < 1.29 is 4.42 Å². The summed E-state index contributed by atoms with van der Waals surface area (Å²) >= 11 is 0. The van der Waals surface area contributed by atoms with Gasteiger partial charge in [-0.1, -0.05) is 198 Å². The van der Waals surface area contributed by atoms with E-state index < -0.39 is 5.41 Å². The van der Waals surface area contributed by atoms with Crippen molar-refractivity contribution in [2.45, 2.75) is 50.9 Å². The number of hydrogen-bond acceptors (Lipinski definition) is 2. The van der Waals surface area contributed by atoms with Crippen LogP contribution in [0.15, 0.2) is 211 Å². The van der Waals surface area contributed by atoms with Crippen LogP contribution in [0.25, 0.3) is 55.3 Å².